The highest BCUT2D eigenvalue weighted by Crippen LogP contribution is 2.24. The standard InChI is InChI=1S/C19H30N6/c1-5-8-9-12-20-19-23-18(14-21-24-19)22-17-11-10-16(13-15(17)4)25(6-2)7-3/h10-11,13-14H,5-9,12H2,1-4H3,(H2,20,22,23,24). The Morgan fingerprint density at radius 2 is 1.88 bits per heavy atom. The van der Waals surface area contributed by atoms with Gasteiger partial charge in [0.2, 0.25) is 5.95 Å². The van der Waals surface area contributed by atoms with Crippen molar-refractivity contribution in [3.63, 3.8) is 0 Å². The first kappa shape index (κ1) is 19.0. The molecule has 0 saturated carbocycles. The van der Waals surface area contributed by atoms with E-state index in [4.69, 9.17) is 0 Å². The predicted molar refractivity (Wildman–Crippen MR) is 106 cm³/mol. The van der Waals surface area contributed by atoms with Crippen LogP contribution >= 0.6 is 0 Å². The Labute approximate surface area is 151 Å². The molecule has 2 N–H and O–H groups in total. The summed E-state index contributed by atoms with van der Waals surface area (Å²) in [6.07, 6.45) is 5.17. The Hall–Kier alpha value is -2.37. The molecule has 0 radical (unpaired) electrons. The van der Waals surface area contributed by atoms with Crippen LogP contribution in [-0.4, -0.2) is 34.8 Å². The van der Waals surface area contributed by atoms with Gasteiger partial charge in [0.05, 0.1) is 6.20 Å². The summed E-state index contributed by atoms with van der Waals surface area (Å²) in [7, 11) is 0. The minimum atomic E-state index is 0.568. The quantitative estimate of drug-likeness (QED) is 0.625. The van der Waals surface area contributed by atoms with E-state index in [2.05, 4.69) is 76.6 Å². The van der Waals surface area contributed by atoms with Crippen LogP contribution in [0.25, 0.3) is 0 Å². The average Bonchev–Trinajstić information content (AvgIpc) is 2.62. The number of hydrogen-bond donors (Lipinski definition) is 2. The molecule has 2 aromatic rings. The fourth-order valence-electron chi connectivity index (χ4n) is 2.73. The van der Waals surface area contributed by atoms with E-state index in [1.807, 2.05) is 0 Å². The van der Waals surface area contributed by atoms with Crippen LogP contribution in [0.2, 0.25) is 0 Å². The maximum atomic E-state index is 4.49. The second kappa shape index (κ2) is 9.81. The van der Waals surface area contributed by atoms with E-state index in [1.165, 1.54) is 24.1 Å². The molecule has 0 aliphatic heterocycles. The highest BCUT2D eigenvalue weighted by Gasteiger charge is 2.07. The van der Waals surface area contributed by atoms with E-state index in [0.717, 1.165) is 31.7 Å². The van der Waals surface area contributed by atoms with Crippen LogP contribution in [0.5, 0.6) is 0 Å². The number of aromatic nitrogens is 3. The van der Waals surface area contributed by atoms with Crippen LogP contribution in [0, 0.1) is 6.92 Å². The molecular formula is C19H30N6. The molecule has 1 heterocycles. The molecule has 0 fully saturated rings. The topological polar surface area (TPSA) is 66.0 Å². The molecule has 0 atom stereocenters. The van der Waals surface area contributed by atoms with Gasteiger partial charge in [-0.1, -0.05) is 19.8 Å². The lowest BCUT2D eigenvalue weighted by Crippen LogP contribution is -2.21. The van der Waals surface area contributed by atoms with Gasteiger partial charge in [-0.2, -0.15) is 10.1 Å². The van der Waals surface area contributed by atoms with Crippen LogP contribution in [0.3, 0.4) is 0 Å². The van der Waals surface area contributed by atoms with Crippen LogP contribution in [0.4, 0.5) is 23.1 Å². The van der Waals surface area contributed by atoms with Gasteiger partial charge in [-0.25, -0.2) is 0 Å². The average molecular weight is 342 g/mol. The van der Waals surface area contributed by atoms with Gasteiger partial charge >= 0.3 is 0 Å². The van der Waals surface area contributed by atoms with Crippen molar-refractivity contribution >= 4 is 23.1 Å². The fourth-order valence-corrected chi connectivity index (χ4v) is 2.73. The highest BCUT2D eigenvalue weighted by atomic mass is 15.3. The number of unbranched alkanes of at least 4 members (excludes halogenated alkanes) is 2. The Morgan fingerprint density at radius 3 is 2.56 bits per heavy atom. The number of anilines is 4. The summed E-state index contributed by atoms with van der Waals surface area (Å²) in [5.74, 6) is 1.27. The van der Waals surface area contributed by atoms with Crippen molar-refractivity contribution in [2.45, 2.75) is 47.0 Å². The van der Waals surface area contributed by atoms with Crippen molar-refractivity contribution in [1.82, 2.24) is 15.2 Å². The highest BCUT2D eigenvalue weighted by molar-refractivity contribution is 5.65. The summed E-state index contributed by atoms with van der Waals surface area (Å²) in [5, 5.41) is 14.6. The van der Waals surface area contributed by atoms with E-state index >= 15 is 0 Å². The minimum absolute atomic E-state index is 0.568. The zero-order chi connectivity index (χ0) is 18.1. The van der Waals surface area contributed by atoms with Crippen LogP contribution in [-0.2, 0) is 0 Å². The van der Waals surface area contributed by atoms with Crippen molar-refractivity contribution in [3.05, 3.63) is 30.0 Å². The Bertz CT molecular complexity index is 654. The van der Waals surface area contributed by atoms with Crippen LogP contribution < -0.4 is 15.5 Å². The van der Waals surface area contributed by atoms with Crippen molar-refractivity contribution in [2.24, 2.45) is 0 Å². The molecule has 25 heavy (non-hydrogen) atoms. The third-order valence-corrected chi connectivity index (χ3v) is 4.22. The first-order chi connectivity index (χ1) is 12.2. The smallest absolute Gasteiger partial charge is 0.244 e. The van der Waals surface area contributed by atoms with Crippen molar-refractivity contribution < 1.29 is 0 Å². The maximum Gasteiger partial charge on any atom is 0.244 e. The van der Waals surface area contributed by atoms with Gasteiger partial charge in [0.1, 0.15) is 0 Å². The largest absolute Gasteiger partial charge is 0.372 e. The van der Waals surface area contributed by atoms with Gasteiger partial charge in [0.15, 0.2) is 5.82 Å². The van der Waals surface area contributed by atoms with E-state index in [9.17, 15) is 0 Å². The Morgan fingerprint density at radius 1 is 1.08 bits per heavy atom. The third-order valence-electron chi connectivity index (χ3n) is 4.22. The van der Waals surface area contributed by atoms with Crippen LogP contribution in [0.15, 0.2) is 24.4 Å². The normalized spacial score (nSPS) is 10.6. The van der Waals surface area contributed by atoms with E-state index in [0.29, 0.717) is 11.8 Å². The first-order valence-corrected chi connectivity index (χ1v) is 9.24. The van der Waals surface area contributed by atoms with Crippen molar-refractivity contribution in [1.29, 1.82) is 0 Å². The molecule has 6 heteroatoms. The molecular weight excluding hydrogens is 312 g/mol. The molecule has 0 bridgehead atoms. The summed E-state index contributed by atoms with van der Waals surface area (Å²) in [4.78, 5) is 6.83. The molecule has 0 spiro atoms. The van der Waals surface area contributed by atoms with E-state index < -0.39 is 0 Å². The van der Waals surface area contributed by atoms with Gasteiger partial charge in [-0.15, -0.1) is 5.10 Å². The summed E-state index contributed by atoms with van der Waals surface area (Å²) in [5.41, 5.74) is 3.46. The lowest BCUT2D eigenvalue weighted by Gasteiger charge is -2.22. The molecule has 0 aliphatic carbocycles. The van der Waals surface area contributed by atoms with E-state index in [1.54, 1.807) is 6.20 Å². The number of nitrogens with one attached hydrogen (secondary N) is 2. The monoisotopic (exact) mass is 342 g/mol. The molecule has 0 amide bonds. The second-order valence-corrected chi connectivity index (χ2v) is 6.10. The summed E-state index contributed by atoms with van der Waals surface area (Å²) >= 11 is 0. The van der Waals surface area contributed by atoms with Gasteiger partial charge < -0.3 is 15.5 Å². The van der Waals surface area contributed by atoms with Crippen LogP contribution in [0.1, 0.15) is 45.6 Å². The SMILES string of the molecule is CCCCCNc1nncc(Nc2ccc(N(CC)CC)cc2C)n1. The van der Waals surface area contributed by atoms with Gasteiger partial charge in [0.25, 0.3) is 0 Å². The summed E-state index contributed by atoms with van der Waals surface area (Å²) in [6.45, 7) is 11.5. The third kappa shape index (κ3) is 5.59. The lowest BCUT2D eigenvalue weighted by atomic mass is 10.1. The summed E-state index contributed by atoms with van der Waals surface area (Å²) in [6, 6.07) is 6.44. The molecule has 0 saturated heterocycles. The molecule has 0 aliphatic rings. The second-order valence-electron chi connectivity index (χ2n) is 6.10. The fraction of sp³-hybridized carbons (Fsp3) is 0.526. The van der Waals surface area contributed by atoms with E-state index in [-0.39, 0.29) is 0 Å². The molecule has 6 nitrogen and oxygen atoms in total. The zero-order valence-corrected chi connectivity index (χ0v) is 15.8. The number of hydrogen-bond acceptors (Lipinski definition) is 6. The Kier molecular flexibility index (Phi) is 7.44. The van der Waals surface area contributed by atoms with Gasteiger partial charge in [-0.3, -0.25) is 0 Å². The Balaban J connectivity index is 2.04. The van der Waals surface area contributed by atoms with Crippen molar-refractivity contribution in [2.75, 3.05) is 35.2 Å². The predicted octanol–water partition coefficient (Wildman–Crippen LogP) is 4.37. The molecule has 2 rings (SSSR count). The zero-order valence-electron chi connectivity index (χ0n) is 15.8. The molecule has 1 aromatic carbocycles. The summed E-state index contributed by atoms with van der Waals surface area (Å²) < 4.78 is 0. The first-order valence-electron chi connectivity index (χ1n) is 9.24. The number of nitrogens with zero attached hydrogens (tertiary/aromatic N) is 4. The maximum absolute atomic E-state index is 4.49. The van der Waals surface area contributed by atoms with Gasteiger partial charge in [-0.05, 0) is 51.0 Å². The molecule has 136 valence electrons. The molecule has 1 aromatic heterocycles. The minimum Gasteiger partial charge on any atom is -0.372 e. The molecule has 0 unspecified atom stereocenters. The van der Waals surface area contributed by atoms with Gasteiger partial charge in [0, 0.05) is 31.0 Å². The lowest BCUT2D eigenvalue weighted by molar-refractivity contribution is 0.738. The van der Waals surface area contributed by atoms with Crippen molar-refractivity contribution in [3.8, 4) is 0 Å². The number of rotatable bonds is 10. The number of aryl methyl sites for hydroxylation is 1. The number of benzene rings is 1.